The number of nitrogens with two attached hydrogens (primary N) is 1. The molecule has 1 saturated heterocycles. The van der Waals surface area contributed by atoms with E-state index in [1.807, 2.05) is 17.0 Å². The minimum absolute atomic E-state index is 0.125. The molecule has 2 heterocycles. The summed E-state index contributed by atoms with van der Waals surface area (Å²) >= 11 is 0. The average Bonchev–Trinajstić information content (AvgIpc) is 2.90. The number of methoxy groups -OCH3 is 1. The number of carbonyl (C=O) groups is 1. The van der Waals surface area contributed by atoms with Gasteiger partial charge >= 0.3 is 0 Å². The van der Waals surface area contributed by atoms with E-state index in [1.165, 1.54) is 0 Å². The monoisotopic (exact) mass is 291 g/mol. The highest BCUT2D eigenvalue weighted by atomic mass is 16.5. The van der Waals surface area contributed by atoms with Crippen LogP contribution in [0.1, 0.15) is 5.56 Å². The van der Waals surface area contributed by atoms with Gasteiger partial charge in [-0.15, -0.1) is 0 Å². The van der Waals surface area contributed by atoms with E-state index in [2.05, 4.69) is 4.90 Å². The molecule has 1 aromatic rings. The maximum absolute atomic E-state index is 12.5. The molecule has 114 valence electrons. The lowest BCUT2D eigenvalue weighted by Crippen LogP contribution is -2.44. The predicted octanol–water partition coefficient (Wildman–Crippen LogP) is 0.499. The van der Waals surface area contributed by atoms with Crippen LogP contribution in [-0.4, -0.2) is 57.3 Å². The zero-order valence-corrected chi connectivity index (χ0v) is 12.3. The summed E-state index contributed by atoms with van der Waals surface area (Å²) in [6, 6.07) is 3.78. The first-order valence-corrected chi connectivity index (χ1v) is 7.26. The third kappa shape index (κ3) is 2.82. The number of rotatable bonds is 3. The van der Waals surface area contributed by atoms with Gasteiger partial charge in [0.15, 0.2) is 0 Å². The van der Waals surface area contributed by atoms with Gasteiger partial charge in [0.05, 0.1) is 32.6 Å². The van der Waals surface area contributed by atoms with Crippen molar-refractivity contribution in [1.29, 1.82) is 0 Å². The van der Waals surface area contributed by atoms with Crippen LogP contribution in [-0.2, 0) is 16.0 Å². The molecule has 0 saturated carbocycles. The topological polar surface area (TPSA) is 68.0 Å². The molecule has 3 rings (SSSR count). The molecule has 2 aliphatic rings. The molecule has 0 aliphatic carbocycles. The Morgan fingerprint density at radius 3 is 2.81 bits per heavy atom. The number of nitrogen functional groups attached to an aromatic ring is 1. The number of hydrogen-bond donors (Lipinski definition) is 1. The van der Waals surface area contributed by atoms with Crippen molar-refractivity contribution in [2.24, 2.45) is 0 Å². The first-order valence-electron chi connectivity index (χ1n) is 7.26. The third-order valence-electron chi connectivity index (χ3n) is 4.09. The molecule has 0 unspecified atom stereocenters. The zero-order chi connectivity index (χ0) is 14.8. The van der Waals surface area contributed by atoms with Gasteiger partial charge in [0.1, 0.15) is 5.75 Å². The Balaban J connectivity index is 1.74. The molecule has 0 spiro atoms. The van der Waals surface area contributed by atoms with Crippen LogP contribution in [0.15, 0.2) is 12.1 Å². The summed E-state index contributed by atoms with van der Waals surface area (Å²) in [5, 5.41) is 0. The van der Waals surface area contributed by atoms with Gasteiger partial charge in [-0.25, -0.2) is 0 Å². The Hall–Kier alpha value is -1.79. The van der Waals surface area contributed by atoms with Crippen LogP contribution in [0.3, 0.4) is 0 Å². The molecular formula is C15H21N3O3. The molecule has 1 fully saturated rings. The van der Waals surface area contributed by atoms with Crippen LogP contribution in [0.2, 0.25) is 0 Å². The van der Waals surface area contributed by atoms with Gasteiger partial charge in [0.25, 0.3) is 0 Å². The molecule has 6 heteroatoms. The van der Waals surface area contributed by atoms with Crippen LogP contribution in [0.5, 0.6) is 5.75 Å². The summed E-state index contributed by atoms with van der Waals surface area (Å²) in [4.78, 5) is 16.5. The normalized spacial score (nSPS) is 18.6. The molecule has 0 aromatic heterocycles. The number of morpholine rings is 1. The average molecular weight is 291 g/mol. The highest BCUT2D eigenvalue weighted by molar-refractivity contribution is 5.97. The standard InChI is InChI=1S/C15H21N3O3/c1-20-14-8-11-2-3-18(13(11)9-12(14)16)15(19)10-17-4-6-21-7-5-17/h8-9H,2-7,10,16H2,1H3. The van der Waals surface area contributed by atoms with Crippen LogP contribution in [0.4, 0.5) is 11.4 Å². The van der Waals surface area contributed by atoms with Crippen molar-refractivity contribution >= 4 is 17.3 Å². The van der Waals surface area contributed by atoms with Gasteiger partial charge in [0.2, 0.25) is 5.91 Å². The fourth-order valence-electron chi connectivity index (χ4n) is 2.90. The summed E-state index contributed by atoms with van der Waals surface area (Å²) in [6.07, 6.45) is 0.848. The lowest BCUT2D eigenvalue weighted by atomic mass is 10.1. The highest BCUT2D eigenvalue weighted by Crippen LogP contribution is 2.35. The first kappa shape index (κ1) is 14.2. The fourth-order valence-corrected chi connectivity index (χ4v) is 2.90. The van der Waals surface area contributed by atoms with Gasteiger partial charge in [0, 0.05) is 25.3 Å². The fraction of sp³-hybridized carbons (Fsp3) is 0.533. The number of carbonyl (C=O) groups excluding carboxylic acids is 1. The molecular weight excluding hydrogens is 270 g/mol. The maximum atomic E-state index is 12.5. The van der Waals surface area contributed by atoms with E-state index < -0.39 is 0 Å². The van der Waals surface area contributed by atoms with E-state index in [0.29, 0.717) is 37.7 Å². The van der Waals surface area contributed by atoms with E-state index in [0.717, 1.165) is 30.8 Å². The lowest BCUT2D eigenvalue weighted by molar-refractivity contribution is -0.120. The molecule has 0 radical (unpaired) electrons. The molecule has 1 amide bonds. The Bertz CT molecular complexity index is 541. The highest BCUT2D eigenvalue weighted by Gasteiger charge is 2.27. The van der Waals surface area contributed by atoms with Gasteiger partial charge in [-0.2, -0.15) is 0 Å². The smallest absolute Gasteiger partial charge is 0.241 e. The number of anilines is 2. The number of hydrogen-bond acceptors (Lipinski definition) is 5. The Kier molecular flexibility index (Phi) is 3.98. The number of fused-ring (bicyclic) bond motifs is 1. The molecule has 21 heavy (non-hydrogen) atoms. The van der Waals surface area contributed by atoms with Crippen LogP contribution >= 0.6 is 0 Å². The van der Waals surface area contributed by atoms with Crippen molar-refractivity contribution in [1.82, 2.24) is 4.90 Å². The number of amides is 1. The SMILES string of the molecule is COc1cc2c(cc1N)N(C(=O)CN1CCOCC1)CC2. The zero-order valence-electron chi connectivity index (χ0n) is 12.3. The molecule has 1 aromatic carbocycles. The molecule has 0 bridgehead atoms. The summed E-state index contributed by atoms with van der Waals surface area (Å²) in [7, 11) is 1.61. The van der Waals surface area contributed by atoms with E-state index in [1.54, 1.807) is 7.11 Å². The van der Waals surface area contributed by atoms with Gasteiger partial charge in [-0.3, -0.25) is 9.69 Å². The minimum Gasteiger partial charge on any atom is -0.495 e. The quantitative estimate of drug-likeness (QED) is 0.821. The van der Waals surface area contributed by atoms with Crippen molar-refractivity contribution in [2.75, 3.05) is 57.1 Å². The van der Waals surface area contributed by atoms with Gasteiger partial charge in [-0.1, -0.05) is 0 Å². The maximum Gasteiger partial charge on any atom is 0.241 e. The second kappa shape index (κ2) is 5.91. The third-order valence-corrected chi connectivity index (χ3v) is 4.09. The van der Waals surface area contributed by atoms with Gasteiger partial charge in [-0.05, 0) is 24.1 Å². The molecule has 0 atom stereocenters. The number of nitrogens with zero attached hydrogens (tertiary/aromatic N) is 2. The Labute approximate surface area is 124 Å². The predicted molar refractivity (Wildman–Crippen MR) is 80.7 cm³/mol. The number of benzene rings is 1. The second-order valence-electron chi connectivity index (χ2n) is 5.41. The Morgan fingerprint density at radius 2 is 2.10 bits per heavy atom. The summed E-state index contributed by atoms with van der Waals surface area (Å²) in [5.74, 6) is 0.802. The van der Waals surface area contributed by atoms with Crippen LogP contribution in [0, 0.1) is 0 Å². The molecule has 2 aliphatic heterocycles. The van der Waals surface area contributed by atoms with E-state index in [-0.39, 0.29) is 5.91 Å². The van der Waals surface area contributed by atoms with Crippen molar-refractivity contribution in [3.63, 3.8) is 0 Å². The Morgan fingerprint density at radius 1 is 1.33 bits per heavy atom. The van der Waals surface area contributed by atoms with Crippen molar-refractivity contribution in [3.8, 4) is 5.75 Å². The van der Waals surface area contributed by atoms with E-state index in [4.69, 9.17) is 15.2 Å². The van der Waals surface area contributed by atoms with E-state index >= 15 is 0 Å². The minimum atomic E-state index is 0.125. The second-order valence-corrected chi connectivity index (χ2v) is 5.41. The lowest BCUT2D eigenvalue weighted by Gasteiger charge is -2.28. The molecule has 2 N–H and O–H groups in total. The van der Waals surface area contributed by atoms with Crippen molar-refractivity contribution in [3.05, 3.63) is 17.7 Å². The van der Waals surface area contributed by atoms with Crippen molar-refractivity contribution < 1.29 is 14.3 Å². The number of ether oxygens (including phenoxy) is 2. The summed E-state index contributed by atoms with van der Waals surface area (Å²) in [6.45, 7) is 4.19. The summed E-state index contributed by atoms with van der Waals surface area (Å²) < 4.78 is 10.5. The largest absolute Gasteiger partial charge is 0.495 e. The van der Waals surface area contributed by atoms with Crippen LogP contribution < -0.4 is 15.4 Å². The van der Waals surface area contributed by atoms with Crippen LogP contribution in [0.25, 0.3) is 0 Å². The van der Waals surface area contributed by atoms with Crippen molar-refractivity contribution in [2.45, 2.75) is 6.42 Å². The molecule has 6 nitrogen and oxygen atoms in total. The van der Waals surface area contributed by atoms with E-state index in [9.17, 15) is 4.79 Å². The summed E-state index contributed by atoms with van der Waals surface area (Å²) in [5.41, 5.74) is 8.58. The first-order chi connectivity index (χ1) is 10.2. The van der Waals surface area contributed by atoms with Gasteiger partial charge < -0.3 is 20.1 Å².